The van der Waals surface area contributed by atoms with Crippen LogP contribution < -0.4 is 33.2 Å². The summed E-state index contributed by atoms with van der Waals surface area (Å²) >= 11 is 0. The van der Waals surface area contributed by atoms with E-state index in [1.807, 2.05) is 0 Å². The molecule has 0 aliphatic rings. The second kappa shape index (κ2) is 15.7. The molecule has 1 rings (SSSR count). The van der Waals surface area contributed by atoms with Gasteiger partial charge < -0.3 is 43.4 Å². The molecule has 0 aromatic heterocycles. The van der Waals surface area contributed by atoms with E-state index in [9.17, 15) is 29.1 Å². The first-order valence-corrected chi connectivity index (χ1v) is 11.6. The predicted molar refractivity (Wildman–Crippen MR) is 134 cm³/mol. The zero-order valence-electron chi connectivity index (χ0n) is 20.6. The van der Waals surface area contributed by atoms with Crippen molar-refractivity contribution in [2.24, 2.45) is 22.2 Å². The molecule has 4 atom stereocenters. The molecule has 14 heteroatoms. The molecule has 3 amide bonds. The molecule has 1 aromatic carbocycles. The summed E-state index contributed by atoms with van der Waals surface area (Å²) in [6.45, 7) is 1.56. The highest BCUT2D eigenvalue weighted by atomic mass is 16.4. The molecule has 11 N–H and O–H groups in total. The van der Waals surface area contributed by atoms with E-state index < -0.39 is 60.2 Å². The number of nitrogens with two attached hydrogens (primary N) is 3. The van der Waals surface area contributed by atoms with Gasteiger partial charge in [0, 0.05) is 19.4 Å². The maximum Gasteiger partial charge on any atom is 0.326 e. The molecule has 0 spiro atoms. The van der Waals surface area contributed by atoms with Crippen molar-refractivity contribution in [2.45, 2.75) is 63.2 Å². The van der Waals surface area contributed by atoms with Crippen LogP contribution in [0.1, 0.15) is 38.2 Å². The van der Waals surface area contributed by atoms with Gasteiger partial charge in [-0.15, -0.1) is 0 Å². The van der Waals surface area contributed by atoms with Crippen molar-refractivity contribution in [1.29, 1.82) is 0 Å². The molecular formula is C23H35N7O7. The Hall–Kier alpha value is -4.20. The number of carboxylic acids is 2. The third-order valence-electron chi connectivity index (χ3n) is 5.17. The standard InChI is InChI=1S/C23H35N7O7/c1-13(24)19(33)28-15(9-10-18(31)32)20(34)30-17(12-14-6-3-2-4-7-14)21(35)29-16(22(36)37)8-5-11-27-23(25)26/h2-4,6-7,13,15-17H,5,8-12,24H2,1H3,(H,28,33)(H,29,35)(H,30,34)(H,31,32)(H,36,37)(H4,25,26,27). The van der Waals surface area contributed by atoms with Gasteiger partial charge in [-0.3, -0.25) is 24.2 Å². The van der Waals surface area contributed by atoms with Crippen molar-refractivity contribution in [3.05, 3.63) is 35.9 Å². The lowest BCUT2D eigenvalue weighted by Gasteiger charge is -2.25. The lowest BCUT2D eigenvalue weighted by molar-refractivity contribution is -0.142. The zero-order chi connectivity index (χ0) is 28.0. The Kier molecular flexibility index (Phi) is 13.1. The van der Waals surface area contributed by atoms with Crippen LogP contribution >= 0.6 is 0 Å². The van der Waals surface area contributed by atoms with Crippen LogP contribution in [-0.2, 0) is 30.4 Å². The van der Waals surface area contributed by atoms with Crippen LogP contribution in [0.25, 0.3) is 0 Å². The summed E-state index contributed by atoms with van der Waals surface area (Å²) in [6.07, 6.45) is -0.377. The molecular weight excluding hydrogens is 486 g/mol. The summed E-state index contributed by atoms with van der Waals surface area (Å²) in [5.74, 6) is -4.88. The van der Waals surface area contributed by atoms with E-state index in [1.165, 1.54) is 6.92 Å². The fourth-order valence-electron chi connectivity index (χ4n) is 3.20. The lowest BCUT2D eigenvalue weighted by Crippen LogP contribution is -2.57. The maximum absolute atomic E-state index is 13.1. The number of hydrogen-bond acceptors (Lipinski definition) is 7. The number of nitrogens with zero attached hydrogens (tertiary/aromatic N) is 1. The van der Waals surface area contributed by atoms with Crippen molar-refractivity contribution in [3.8, 4) is 0 Å². The number of nitrogens with one attached hydrogen (secondary N) is 3. The van der Waals surface area contributed by atoms with Crippen LogP contribution in [0.5, 0.6) is 0 Å². The van der Waals surface area contributed by atoms with Gasteiger partial charge >= 0.3 is 11.9 Å². The van der Waals surface area contributed by atoms with Gasteiger partial charge in [-0.1, -0.05) is 30.3 Å². The highest BCUT2D eigenvalue weighted by Crippen LogP contribution is 2.07. The van der Waals surface area contributed by atoms with E-state index in [1.54, 1.807) is 30.3 Å². The number of aliphatic carboxylic acids is 2. The van der Waals surface area contributed by atoms with E-state index in [2.05, 4.69) is 20.9 Å². The third-order valence-corrected chi connectivity index (χ3v) is 5.17. The number of aliphatic imine (C=N–C) groups is 1. The first-order chi connectivity index (χ1) is 17.4. The first-order valence-electron chi connectivity index (χ1n) is 11.6. The van der Waals surface area contributed by atoms with Crippen LogP contribution in [0.4, 0.5) is 0 Å². The van der Waals surface area contributed by atoms with Crippen molar-refractivity contribution >= 4 is 35.6 Å². The van der Waals surface area contributed by atoms with E-state index in [-0.39, 0.29) is 38.2 Å². The average molecular weight is 522 g/mol. The summed E-state index contributed by atoms with van der Waals surface area (Å²) in [5, 5.41) is 25.9. The zero-order valence-corrected chi connectivity index (χ0v) is 20.6. The molecule has 14 nitrogen and oxygen atoms in total. The fourth-order valence-corrected chi connectivity index (χ4v) is 3.20. The molecule has 0 bridgehead atoms. The quantitative estimate of drug-likeness (QED) is 0.0676. The van der Waals surface area contributed by atoms with Crippen LogP contribution in [0, 0.1) is 0 Å². The number of carbonyl (C=O) groups excluding carboxylic acids is 3. The number of amides is 3. The van der Waals surface area contributed by atoms with E-state index in [0.717, 1.165) is 0 Å². The molecule has 1 aromatic rings. The minimum absolute atomic E-state index is 0.00560. The number of hydrogen-bond donors (Lipinski definition) is 8. The van der Waals surface area contributed by atoms with Crippen molar-refractivity contribution in [1.82, 2.24) is 16.0 Å². The molecule has 0 aliphatic heterocycles. The summed E-state index contributed by atoms with van der Waals surface area (Å²) in [5.41, 5.74) is 16.7. The van der Waals surface area contributed by atoms with Gasteiger partial charge in [-0.25, -0.2) is 4.79 Å². The van der Waals surface area contributed by atoms with Crippen LogP contribution in [0.3, 0.4) is 0 Å². The van der Waals surface area contributed by atoms with Crippen molar-refractivity contribution in [3.63, 3.8) is 0 Å². The third kappa shape index (κ3) is 12.4. The van der Waals surface area contributed by atoms with Gasteiger partial charge in [0.05, 0.1) is 6.04 Å². The molecule has 0 fully saturated rings. The Labute approximate surface area is 214 Å². The van der Waals surface area contributed by atoms with Crippen LogP contribution in [0.2, 0.25) is 0 Å². The highest BCUT2D eigenvalue weighted by Gasteiger charge is 2.30. The molecule has 0 aliphatic carbocycles. The van der Waals surface area contributed by atoms with E-state index in [0.29, 0.717) is 5.56 Å². The van der Waals surface area contributed by atoms with Gasteiger partial charge in [-0.2, -0.15) is 0 Å². The number of carbonyl (C=O) groups is 5. The van der Waals surface area contributed by atoms with Crippen LogP contribution in [0.15, 0.2) is 35.3 Å². The van der Waals surface area contributed by atoms with Gasteiger partial charge in [0.2, 0.25) is 17.7 Å². The Balaban J connectivity index is 3.08. The van der Waals surface area contributed by atoms with Gasteiger partial charge in [-0.05, 0) is 31.7 Å². The SMILES string of the molecule is CC(N)C(=O)NC(CCC(=O)O)C(=O)NC(Cc1ccccc1)C(=O)NC(CCCN=C(N)N)C(=O)O. The van der Waals surface area contributed by atoms with Gasteiger partial charge in [0.25, 0.3) is 0 Å². The molecule has 0 radical (unpaired) electrons. The number of guanidine groups is 1. The summed E-state index contributed by atoms with van der Waals surface area (Å²) < 4.78 is 0. The van der Waals surface area contributed by atoms with Gasteiger partial charge in [0.1, 0.15) is 18.1 Å². The summed E-state index contributed by atoms with van der Waals surface area (Å²) in [6, 6.07) is 3.91. The van der Waals surface area contributed by atoms with E-state index >= 15 is 0 Å². The topological polar surface area (TPSA) is 252 Å². The minimum Gasteiger partial charge on any atom is -0.481 e. The van der Waals surface area contributed by atoms with Crippen LogP contribution in [-0.4, -0.2) is 76.5 Å². The molecule has 4 unspecified atom stereocenters. The monoisotopic (exact) mass is 521 g/mol. The summed E-state index contributed by atoms with van der Waals surface area (Å²) in [7, 11) is 0. The first kappa shape index (κ1) is 30.8. The number of benzene rings is 1. The largest absolute Gasteiger partial charge is 0.481 e. The lowest BCUT2D eigenvalue weighted by atomic mass is 10.0. The molecule has 0 saturated heterocycles. The Bertz CT molecular complexity index is 965. The van der Waals surface area contributed by atoms with Crippen molar-refractivity contribution < 1.29 is 34.2 Å². The Morgan fingerprint density at radius 3 is 1.97 bits per heavy atom. The molecule has 0 heterocycles. The second-order valence-electron chi connectivity index (χ2n) is 8.38. The molecule has 204 valence electrons. The predicted octanol–water partition coefficient (Wildman–Crippen LogP) is -1.97. The van der Waals surface area contributed by atoms with E-state index in [4.69, 9.17) is 22.3 Å². The molecule has 0 saturated carbocycles. The second-order valence-corrected chi connectivity index (χ2v) is 8.38. The maximum atomic E-state index is 13.1. The van der Waals surface area contributed by atoms with Crippen molar-refractivity contribution in [2.75, 3.05) is 6.54 Å². The van der Waals surface area contributed by atoms with Gasteiger partial charge in [0.15, 0.2) is 5.96 Å². The number of rotatable bonds is 16. The average Bonchev–Trinajstić information content (AvgIpc) is 2.82. The number of carboxylic acid groups (broad SMARTS) is 2. The smallest absolute Gasteiger partial charge is 0.326 e. The fraction of sp³-hybridized carbons (Fsp3) is 0.478. The molecule has 37 heavy (non-hydrogen) atoms. The normalized spacial score (nSPS) is 13.8. The highest BCUT2D eigenvalue weighted by molar-refractivity contribution is 5.94. The summed E-state index contributed by atoms with van der Waals surface area (Å²) in [4.78, 5) is 64.7. The minimum atomic E-state index is -1.29. The Morgan fingerprint density at radius 1 is 0.865 bits per heavy atom. The Morgan fingerprint density at radius 2 is 1.43 bits per heavy atom.